The van der Waals surface area contributed by atoms with Gasteiger partial charge in [0.05, 0.1) is 19.8 Å². The molecular formula is C19H30N4O4. The Morgan fingerprint density at radius 3 is 2.26 bits per heavy atom. The van der Waals surface area contributed by atoms with Gasteiger partial charge >= 0.3 is 11.8 Å². The zero-order chi connectivity index (χ0) is 19.6. The Kier molecular flexibility index (Phi) is 8.50. The van der Waals surface area contributed by atoms with Crippen LogP contribution in [0, 0.1) is 0 Å². The van der Waals surface area contributed by atoms with Gasteiger partial charge in [0, 0.05) is 46.4 Å². The van der Waals surface area contributed by atoms with Crippen molar-refractivity contribution in [2.45, 2.75) is 6.04 Å². The van der Waals surface area contributed by atoms with Gasteiger partial charge in [0.1, 0.15) is 5.75 Å². The van der Waals surface area contributed by atoms with Crippen LogP contribution in [-0.4, -0.2) is 88.8 Å². The molecule has 1 aliphatic heterocycles. The molecule has 0 spiro atoms. The number of methoxy groups -OCH3 is 2. The number of nitrogens with one attached hydrogen (secondary N) is 2. The highest BCUT2D eigenvalue weighted by molar-refractivity contribution is 6.35. The van der Waals surface area contributed by atoms with Gasteiger partial charge in [0.2, 0.25) is 0 Å². The second kappa shape index (κ2) is 10.9. The smallest absolute Gasteiger partial charge is 0.309 e. The van der Waals surface area contributed by atoms with Crippen molar-refractivity contribution in [1.82, 2.24) is 20.4 Å². The summed E-state index contributed by atoms with van der Waals surface area (Å²) in [6, 6.07) is 7.84. The molecule has 1 saturated heterocycles. The molecular weight excluding hydrogens is 348 g/mol. The van der Waals surface area contributed by atoms with E-state index in [0.29, 0.717) is 19.7 Å². The standard InChI is InChI=1S/C19H30N4O4/c1-22-9-11-23(12-10-22)17(15-4-6-16(27-3)7-5-15)14-21-19(25)18(24)20-8-13-26-2/h4-7,17H,8-14H2,1-3H3,(H,20,24)(H,21,25). The molecule has 150 valence electrons. The van der Waals surface area contributed by atoms with E-state index in [4.69, 9.17) is 9.47 Å². The molecule has 0 aromatic heterocycles. The molecule has 0 aliphatic carbocycles. The Labute approximate surface area is 160 Å². The summed E-state index contributed by atoms with van der Waals surface area (Å²) in [5.41, 5.74) is 1.08. The minimum absolute atomic E-state index is 0.000307. The number of likely N-dealkylation sites (N-methyl/N-ethyl adjacent to an activating group) is 1. The molecule has 1 aromatic rings. The van der Waals surface area contributed by atoms with Crippen LogP contribution in [-0.2, 0) is 14.3 Å². The Bertz CT molecular complexity index is 600. The minimum atomic E-state index is -0.640. The van der Waals surface area contributed by atoms with E-state index in [0.717, 1.165) is 37.5 Å². The van der Waals surface area contributed by atoms with Gasteiger partial charge < -0.3 is 25.0 Å². The first-order valence-electron chi connectivity index (χ1n) is 9.16. The van der Waals surface area contributed by atoms with Gasteiger partial charge in [-0.25, -0.2) is 0 Å². The number of benzene rings is 1. The Morgan fingerprint density at radius 2 is 1.67 bits per heavy atom. The summed E-state index contributed by atoms with van der Waals surface area (Å²) in [4.78, 5) is 28.6. The third-order valence-corrected chi connectivity index (χ3v) is 4.73. The van der Waals surface area contributed by atoms with Gasteiger partial charge in [0.15, 0.2) is 0 Å². The van der Waals surface area contributed by atoms with E-state index < -0.39 is 11.8 Å². The zero-order valence-electron chi connectivity index (χ0n) is 16.4. The lowest BCUT2D eigenvalue weighted by molar-refractivity contribution is -0.139. The van der Waals surface area contributed by atoms with E-state index in [9.17, 15) is 9.59 Å². The molecule has 1 aliphatic rings. The minimum Gasteiger partial charge on any atom is -0.497 e. The monoisotopic (exact) mass is 378 g/mol. The molecule has 1 heterocycles. The van der Waals surface area contributed by atoms with E-state index in [2.05, 4.69) is 27.5 Å². The molecule has 8 nitrogen and oxygen atoms in total. The maximum Gasteiger partial charge on any atom is 0.309 e. The molecule has 1 fully saturated rings. The molecule has 0 saturated carbocycles. The topological polar surface area (TPSA) is 83.1 Å². The summed E-state index contributed by atoms with van der Waals surface area (Å²) < 4.78 is 10.1. The lowest BCUT2D eigenvalue weighted by atomic mass is 10.0. The molecule has 2 amide bonds. The third kappa shape index (κ3) is 6.50. The second-order valence-corrected chi connectivity index (χ2v) is 6.59. The highest BCUT2D eigenvalue weighted by atomic mass is 16.5. The number of hydrogen-bond donors (Lipinski definition) is 2. The van der Waals surface area contributed by atoms with Crippen LogP contribution in [0.4, 0.5) is 0 Å². The maximum atomic E-state index is 12.1. The number of carbonyl (C=O) groups is 2. The SMILES string of the molecule is COCCNC(=O)C(=O)NCC(c1ccc(OC)cc1)N1CCN(C)CC1. The molecule has 1 aromatic carbocycles. The highest BCUT2D eigenvalue weighted by Gasteiger charge is 2.25. The molecule has 0 radical (unpaired) electrons. The summed E-state index contributed by atoms with van der Waals surface area (Å²) in [6.45, 7) is 4.80. The number of nitrogens with zero attached hydrogens (tertiary/aromatic N) is 2. The molecule has 1 unspecified atom stereocenters. The van der Waals surface area contributed by atoms with Gasteiger partial charge in [-0.3, -0.25) is 14.5 Å². The summed E-state index contributed by atoms with van der Waals surface area (Å²) in [5, 5.41) is 5.30. The van der Waals surface area contributed by atoms with Crippen LogP contribution in [0.1, 0.15) is 11.6 Å². The fourth-order valence-corrected chi connectivity index (χ4v) is 3.03. The normalized spacial score (nSPS) is 16.6. The number of ether oxygens (including phenoxy) is 2. The van der Waals surface area contributed by atoms with Crippen molar-refractivity contribution >= 4 is 11.8 Å². The van der Waals surface area contributed by atoms with Gasteiger partial charge in [-0.15, -0.1) is 0 Å². The van der Waals surface area contributed by atoms with Crippen LogP contribution in [0.5, 0.6) is 5.75 Å². The molecule has 8 heteroatoms. The number of carbonyl (C=O) groups excluding carboxylic acids is 2. The van der Waals surface area contributed by atoms with Crippen molar-refractivity contribution in [3.05, 3.63) is 29.8 Å². The van der Waals surface area contributed by atoms with Crippen LogP contribution in [0.15, 0.2) is 24.3 Å². The van der Waals surface area contributed by atoms with Crippen molar-refractivity contribution in [1.29, 1.82) is 0 Å². The van der Waals surface area contributed by atoms with Crippen molar-refractivity contribution in [2.24, 2.45) is 0 Å². The molecule has 2 N–H and O–H groups in total. The van der Waals surface area contributed by atoms with E-state index in [1.165, 1.54) is 0 Å². The largest absolute Gasteiger partial charge is 0.497 e. The van der Waals surface area contributed by atoms with Crippen LogP contribution in [0.25, 0.3) is 0 Å². The first kappa shape index (κ1) is 21.1. The second-order valence-electron chi connectivity index (χ2n) is 6.59. The first-order chi connectivity index (χ1) is 13.0. The first-order valence-corrected chi connectivity index (χ1v) is 9.16. The molecule has 0 bridgehead atoms. The van der Waals surface area contributed by atoms with E-state index in [1.807, 2.05) is 24.3 Å². The van der Waals surface area contributed by atoms with Crippen molar-refractivity contribution in [3.8, 4) is 5.75 Å². The van der Waals surface area contributed by atoms with Crippen LogP contribution < -0.4 is 15.4 Å². The quantitative estimate of drug-likeness (QED) is 0.484. The van der Waals surface area contributed by atoms with Gasteiger partial charge in [-0.05, 0) is 24.7 Å². The predicted molar refractivity (Wildman–Crippen MR) is 103 cm³/mol. The Balaban J connectivity index is 2.01. The fraction of sp³-hybridized carbons (Fsp3) is 0.579. The lowest BCUT2D eigenvalue weighted by Crippen LogP contribution is -2.49. The van der Waals surface area contributed by atoms with Gasteiger partial charge in [-0.1, -0.05) is 12.1 Å². The number of rotatable bonds is 8. The molecule has 1 atom stereocenters. The van der Waals surface area contributed by atoms with Crippen LogP contribution >= 0.6 is 0 Å². The third-order valence-electron chi connectivity index (χ3n) is 4.73. The van der Waals surface area contributed by atoms with Crippen molar-refractivity contribution < 1.29 is 19.1 Å². The zero-order valence-corrected chi connectivity index (χ0v) is 16.4. The van der Waals surface area contributed by atoms with Crippen LogP contribution in [0.2, 0.25) is 0 Å². The highest BCUT2D eigenvalue weighted by Crippen LogP contribution is 2.23. The number of piperazine rings is 1. The lowest BCUT2D eigenvalue weighted by Gasteiger charge is -2.38. The van der Waals surface area contributed by atoms with E-state index in [1.54, 1.807) is 14.2 Å². The van der Waals surface area contributed by atoms with E-state index >= 15 is 0 Å². The Morgan fingerprint density at radius 1 is 1.04 bits per heavy atom. The number of hydrogen-bond acceptors (Lipinski definition) is 6. The summed E-state index contributed by atoms with van der Waals surface area (Å²) in [6.07, 6.45) is 0. The van der Waals surface area contributed by atoms with E-state index in [-0.39, 0.29) is 6.04 Å². The fourth-order valence-electron chi connectivity index (χ4n) is 3.03. The summed E-state index contributed by atoms with van der Waals surface area (Å²) in [5.74, 6) is -0.477. The maximum absolute atomic E-state index is 12.1. The van der Waals surface area contributed by atoms with Gasteiger partial charge in [-0.2, -0.15) is 0 Å². The van der Waals surface area contributed by atoms with Crippen molar-refractivity contribution in [3.63, 3.8) is 0 Å². The Hall–Kier alpha value is -2.16. The molecule has 27 heavy (non-hydrogen) atoms. The van der Waals surface area contributed by atoms with Crippen molar-refractivity contribution in [2.75, 3.05) is 67.1 Å². The summed E-state index contributed by atoms with van der Waals surface area (Å²) in [7, 11) is 5.28. The number of amides is 2. The molecule has 2 rings (SSSR count). The average molecular weight is 378 g/mol. The van der Waals surface area contributed by atoms with Gasteiger partial charge in [0.25, 0.3) is 0 Å². The summed E-state index contributed by atoms with van der Waals surface area (Å²) >= 11 is 0. The predicted octanol–water partition coefficient (Wildman–Crippen LogP) is -0.137. The van der Waals surface area contributed by atoms with Crippen LogP contribution in [0.3, 0.4) is 0 Å². The average Bonchev–Trinajstić information content (AvgIpc) is 2.69.